The van der Waals surface area contributed by atoms with Gasteiger partial charge in [-0.1, -0.05) is 35.9 Å². The Hall–Kier alpha value is -1.28. The van der Waals surface area contributed by atoms with Gasteiger partial charge in [0.25, 0.3) is 0 Å². The van der Waals surface area contributed by atoms with Gasteiger partial charge in [0.2, 0.25) is 0 Å². The van der Waals surface area contributed by atoms with Crippen molar-refractivity contribution in [1.29, 1.82) is 0 Å². The fraction of sp³-hybridized carbons (Fsp3) is 0.250. The largest absolute Gasteiger partial charge is 0.469 e. The molecule has 0 saturated carbocycles. The lowest BCUT2D eigenvalue weighted by Gasteiger charge is -2.02. The molecule has 0 unspecified atom stereocenters. The zero-order chi connectivity index (χ0) is 11.3. The van der Waals surface area contributed by atoms with Crippen LogP contribution in [0.1, 0.15) is 17.5 Å². The number of hydrogen-bond acceptors (Lipinski definition) is 2. The molecule has 0 N–H and O–H groups in total. The molecule has 1 aromatic carbocycles. The van der Waals surface area contributed by atoms with E-state index in [9.17, 15) is 4.79 Å². The van der Waals surface area contributed by atoms with Gasteiger partial charge in [-0.2, -0.15) is 0 Å². The first-order valence-corrected chi connectivity index (χ1v) is 5.01. The van der Waals surface area contributed by atoms with Crippen molar-refractivity contribution >= 4 is 23.6 Å². The lowest BCUT2D eigenvalue weighted by Crippen LogP contribution is -1.96. The highest BCUT2D eigenvalue weighted by Gasteiger charge is 2.00. The van der Waals surface area contributed by atoms with Crippen LogP contribution in [0, 0.1) is 6.92 Å². The topological polar surface area (TPSA) is 26.3 Å². The van der Waals surface area contributed by atoms with E-state index in [0.29, 0.717) is 5.02 Å². The molecule has 15 heavy (non-hydrogen) atoms. The lowest BCUT2D eigenvalue weighted by atomic mass is 10.1. The Bertz CT molecular complexity index is 363. The van der Waals surface area contributed by atoms with Gasteiger partial charge in [0.1, 0.15) is 0 Å². The number of carbonyl (C=O) groups excluding carboxylic acids is 1. The van der Waals surface area contributed by atoms with Crippen LogP contribution in [0.5, 0.6) is 0 Å². The first kappa shape index (κ1) is 11.8. The maximum atomic E-state index is 10.9. The second-order valence-corrected chi connectivity index (χ2v) is 3.56. The van der Waals surface area contributed by atoms with Crippen molar-refractivity contribution in [2.75, 3.05) is 7.11 Å². The van der Waals surface area contributed by atoms with Crippen LogP contribution < -0.4 is 0 Å². The molecule has 0 heterocycles. The van der Waals surface area contributed by atoms with Crippen LogP contribution in [0.15, 0.2) is 24.3 Å². The number of methoxy groups -OCH3 is 1. The molecule has 1 aromatic rings. The predicted octanol–water partition coefficient (Wildman–Crippen LogP) is 3.22. The minimum Gasteiger partial charge on any atom is -0.469 e. The lowest BCUT2D eigenvalue weighted by molar-refractivity contribution is -0.139. The summed E-state index contributed by atoms with van der Waals surface area (Å²) in [5.41, 5.74) is 2.03. The number of benzene rings is 1. The van der Waals surface area contributed by atoms with Crippen molar-refractivity contribution in [3.8, 4) is 0 Å². The molecule has 3 heteroatoms. The zero-order valence-electron chi connectivity index (χ0n) is 8.79. The van der Waals surface area contributed by atoms with Crippen molar-refractivity contribution < 1.29 is 9.53 Å². The van der Waals surface area contributed by atoms with Crippen LogP contribution >= 0.6 is 11.6 Å². The average molecular weight is 225 g/mol. The summed E-state index contributed by atoms with van der Waals surface area (Å²) in [4.78, 5) is 10.9. The summed E-state index contributed by atoms with van der Waals surface area (Å²) < 4.78 is 4.53. The number of halogens is 1. The third-order valence-corrected chi connectivity index (χ3v) is 2.40. The first-order valence-electron chi connectivity index (χ1n) is 4.63. The zero-order valence-corrected chi connectivity index (χ0v) is 9.54. The standard InChI is InChI=1S/C12H13ClO2/c1-9-5-3-7-11(13)10(9)6-4-8-12(14)15-2/h3-7H,8H2,1-2H3. The molecule has 80 valence electrons. The smallest absolute Gasteiger partial charge is 0.309 e. The summed E-state index contributed by atoms with van der Waals surface area (Å²) in [5.74, 6) is -0.254. The van der Waals surface area contributed by atoms with E-state index in [1.54, 1.807) is 6.08 Å². The molecule has 0 bridgehead atoms. The Labute approximate surface area is 94.5 Å². The van der Waals surface area contributed by atoms with Gasteiger partial charge in [-0.25, -0.2) is 0 Å². The van der Waals surface area contributed by atoms with Gasteiger partial charge in [0.05, 0.1) is 13.5 Å². The molecule has 0 spiro atoms. The highest BCUT2D eigenvalue weighted by atomic mass is 35.5. The van der Waals surface area contributed by atoms with Crippen LogP contribution in [0.3, 0.4) is 0 Å². The van der Waals surface area contributed by atoms with Crippen molar-refractivity contribution in [3.05, 3.63) is 40.4 Å². The van der Waals surface area contributed by atoms with Crippen molar-refractivity contribution in [2.24, 2.45) is 0 Å². The Morgan fingerprint density at radius 3 is 2.87 bits per heavy atom. The van der Waals surface area contributed by atoms with Crippen molar-refractivity contribution in [2.45, 2.75) is 13.3 Å². The molecule has 0 aliphatic carbocycles. The second-order valence-electron chi connectivity index (χ2n) is 3.15. The van der Waals surface area contributed by atoms with E-state index in [2.05, 4.69) is 4.74 Å². The third kappa shape index (κ3) is 3.40. The van der Waals surface area contributed by atoms with Crippen LogP contribution in [0.25, 0.3) is 6.08 Å². The quantitative estimate of drug-likeness (QED) is 0.737. The van der Waals surface area contributed by atoms with Gasteiger partial charge in [0.15, 0.2) is 0 Å². The SMILES string of the molecule is COC(=O)CC=Cc1c(C)cccc1Cl. The van der Waals surface area contributed by atoms with E-state index in [1.807, 2.05) is 31.2 Å². The van der Waals surface area contributed by atoms with E-state index in [-0.39, 0.29) is 12.4 Å². The summed E-state index contributed by atoms with van der Waals surface area (Å²) in [7, 11) is 1.37. The number of carbonyl (C=O) groups is 1. The fourth-order valence-electron chi connectivity index (χ4n) is 1.21. The third-order valence-electron chi connectivity index (χ3n) is 2.07. The second kappa shape index (κ2) is 5.56. The minimum absolute atomic E-state index is 0.254. The number of hydrogen-bond donors (Lipinski definition) is 0. The Balaban J connectivity index is 2.76. The van der Waals surface area contributed by atoms with E-state index < -0.39 is 0 Å². The molecule has 0 aliphatic heterocycles. The minimum atomic E-state index is -0.254. The molecular formula is C12H13ClO2. The molecule has 0 amide bonds. The van der Waals surface area contributed by atoms with E-state index in [4.69, 9.17) is 11.6 Å². The van der Waals surface area contributed by atoms with Crippen LogP contribution in [-0.2, 0) is 9.53 Å². The number of ether oxygens (including phenoxy) is 1. The number of aryl methyl sites for hydroxylation is 1. The van der Waals surface area contributed by atoms with E-state index in [1.165, 1.54) is 7.11 Å². The molecule has 0 aromatic heterocycles. The summed E-state index contributed by atoms with van der Waals surface area (Å²) in [5, 5.41) is 0.691. The average Bonchev–Trinajstić information content (AvgIpc) is 2.22. The van der Waals surface area contributed by atoms with Crippen molar-refractivity contribution in [3.63, 3.8) is 0 Å². The van der Waals surface area contributed by atoms with Gasteiger partial charge in [-0.3, -0.25) is 4.79 Å². The summed E-state index contributed by atoms with van der Waals surface area (Å²) in [6, 6.07) is 5.70. The number of esters is 1. The highest BCUT2D eigenvalue weighted by Crippen LogP contribution is 2.20. The van der Waals surface area contributed by atoms with Crippen LogP contribution in [0.2, 0.25) is 5.02 Å². The van der Waals surface area contributed by atoms with Gasteiger partial charge in [-0.15, -0.1) is 0 Å². The maximum Gasteiger partial charge on any atom is 0.309 e. The molecule has 0 atom stereocenters. The normalized spacial score (nSPS) is 10.6. The summed E-state index contributed by atoms with van der Waals surface area (Å²) in [6.45, 7) is 1.98. The Morgan fingerprint density at radius 2 is 2.27 bits per heavy atom. The van der Waals surface area contributed by atoms with Crippen LogP contribution in [0.4, 0.5) is 0 Å². The Kier molecular flexibility index (Phi) is 4.37. The van der Waals surface area contributed by atoms with E-state index >= 15 is 0 Å². The van der Waals surface area contributed by atoms with Gasteiger partial charge in [0, 0.05) is 5.02 Å². The molecular weight excluding hydrogens is 212 g/mol. The molecule has 0 saturated heterocycles. The number of rotatable bonds is 3. The first-order chi connectivity index (χ1) is 7.15. The van der Waals surface area contributed by atoms with Gasteiger partial charge < -0.3 is 4.74 Å². The molecule has 2 nitrogen and oxygen atoms in total. The fourth-order valence-corrected chi connectivity index (χ4v) is 1.50. The summed E-state index contributed by atoms with van der Waals surface area (Å²) >= 11 is 6.01. The Morgan fingerprint density at radius 1 is 1.53 bits per heavy atom. The molecule has 1 rings (SSSR count). The monoisotopic (exact) mass is 224 g/mol. The van der Waals surface area contributed by atoms with Gasteiger partial charge >= 0.3 is 5.97 Å². The maximum absolute atomic E-state index is 10.9. The summed E-state index contributed by atoms with van der Waals surface area (Å²) in [6.07, 6.45) is 3.86. The molecule has 0 radical (unpaired) electrons. The molecule has 0 aliphatic rings. The highest BCUT2D eigenvalue weighted by molar-refractivity contribution is 6.32. The van der Waals surface area contributed by atoms with Crippen molar-refractivity contribution in [1.82, 2.24) is 0 Å². The predicted molar refractivity (Wildman–Crippen MR) is 61.9 cm³/mol. The van der Waals surface area contributed by atoms with E-state index in [0.717, 1.165) is 11.1 Å². The van der Waals surface area contributed by atoms with Crippen LogP contribution in [-0.4, -0.2) is 13.1 Å². The van der Waals surface area contributed by atoms with Gasteiger partial charge in [-0.05, 0) is 24.1 Å². The molecule has 0 fully saturated rings.